The highest BCUT2D eigenvalue weighted by Crippen LogP contribution is 2.25. The largest absolute Gasteiger partial charge is 0.454 e. The van der Waals surface area contributed by atoms with Crippen molar-refractivity contribution in [3.8, 4) is 11.5 Å². The van der Waals surface area contributed by atoms with Crippen LogP contribution < -0.4 is 10.1 Å². The number of thiazole rings is 1. The zero-order valence-corrected chi connectivity index (χ0v) is 11.9. The molecule has 0 saturated carbocycles. The van der Waals surface area contributed by atoms with E-state index in [2.05, 4.69) is 20.3 Å². The number of nitrogens with one attached hydrogen (secondary N) is 1. The van der Waals surface area contributed by atoms with E-state index in [1.165, 1.54) is 54.5 Å². The topological polar surface area (TPSA) is 77.0 Å². The SMILES string of the molecule is O=C(Nc1cc(F)cc(Oc2cncnc2)c1)c1nccs1. The number of benzene rings is 1. The molecule has 3 aromatic rings. The number of nitrogens with zero attached hydrogens (tertiary/aromatic N) is 3. The second-order valence-electron chi connectivity index (χ2n) is 4.14. The summed E-state index contributed by atoms with van der Waals surface area (Å²) in [6.07, 6.45) is 5.78. The molecule has 1 aromatic carbocycles. The van der Waals surface area contributed by atoms with Crippen molar-refractivity contribution >= 4 is 22.9 Å². The van der Waals surface area contributed by atoms with Crippen LogP contribution in [0.4, 0.5) is 10.1 Å². The number of rotatable bonds is 4. The summed E-state index contributed by atoms with van der Waals surface area (Å²) in [6.45, 7) is 0. The lowest BCUT2D eigenvalue weighted by molar-refractivity contribution is 0.102. The standard InChI is InChI=1S/C14H9FN4O2S/c15-9-3-10(19-13(20)14-18-1-2-22-14)5-11(4-9)21-12-6-16-8-17-7-12/h1-8H,(H,19,20). The average Bonchev–Trinajstić information content (AvgIpc) is 3.02. The molecule has 1 N–H and O–H groups in total. The van der Waals surface area contributed by atoms with E-state index < -0.39 is 11.7 Å². The predicted octanol–water partition coefficient (Wildman–Crippen LogP) is 3.12. The highest BCUT2D eigenvalue weighted by atomic mass is 32.1. The van der Waals surface area contributed by atoms with Gasteiger partial charge >= 0.3 is 0 Å². The molecule has 2 heterocycles. The molecule has 0 saturated heterocycles. The van der Waals surface area contributed by atoms with Crippen LogP contribution in [0.15, 0.2) is 48.5 Å². The highest BCUT2D eigenvalue weighted by Gasteiger charge is 2.10. The predicted molar refractivity (Wildman–Crippen MR) is 78.6 cm³/mol. The Morgan fingerprint density at radius 2 is 2.00 bits per heavy atom. The van der Waals surface area contributed by atoms with Crippen molar-refractivity contribution in [2.75, 3.05) is 5.32 Å². The average molecular weight is 316 g/mol. The molecule has 6 nitrogen and oxygen atoms in total. The van der Waals surface area contributed by atoms with Crippen LogP contribution in [0.5, 0.6) is 11.5 Å². The fourth-order valence-electron chi connectivity index (χ4n) is 1.69. The molecular weight excluding hydrogens is 307 g/mol. The number of halogens is 1. The van der Waals surface area contributed by atoms with Gasteiger partial charge in [-0.1, -0.05) is 0 Å². The third-order valence-electron chi connectivity index (χ3n) is 2.53. The molecule has 0 fully saturated rings. The van der Waals surface area contributed by atoms with Crippen molar-refractivity contribution in [3.05, 3.63) is 59.3 Å². The summed E-state index contributed by atoms with van der Waals surface area (Å²) in [4.78, 5) is 23.4. The molecule has 0 unspecified atom stereocenters. The van der Waals surface area contributed by atoms with Crippen molar-refractivity contribution in [1.29, 1.82) is 0 Å². The van der Waals surface area contributed by atoms with Gasteiger partial charge in [0.2, 0.25) is 0 Å². The molecule has 0 aliphatic heterocycles. The number of carbonyl (C=O) groups excluding carboxylic acids is 1. The van der Waals surface area contributed by atoms with E-state index in [1.54, 1.807) is 5.38 Å². The fraction of sp³-hybridized carbons (Fsp3) is 0. The molecule has 1 amide bonds. The number of anilines is 1. The highest BCUT2D eigenvalue weighted by molar-refractivity contribution is 7.11. The van der Waals surface area contributed by atoms with Crippen LogP contribution >= 0.6 is 11.3 Å². The van der Waals surface area contributed by atoms with Crippen LogP contribution in [0.2, 0.25) is 0 Å². The minimum atomic E-state index is -0.538. The monoisotopic (exact) mass is 316 g/mol. The van der Waals surface area contributed by atoms with Gasteiger partial charge in [-0.3, -0.25) is 4.79 Å². The molecule has 0 bridgehead atoms. The second-order valence-corrected chi connectivity index (χ2v) is 5.04. The van der Waals surface area contributed by atoms with Crippen molar-refractivity contribution in [1.82, 2.24) is 15.0 Å². The number of carbonyl (C=O) groups is 1. The number of hydrogen-bond acceptors (Lipinski definition) is 6. The summed E-state index contributed by atoms with van der Waals surface area (Å²) in [5.74, 6) is -0.354. The lowest BCUT2D eigenvalue weighted by atomic mass is 10.3. The Bertz CT molecular complexity index is 781. The number of ether oxygens (including phenoxy) is 1. The quantitative estimate of drug-likeness (QED) is 0.800. The van der Waals surface area contributed by atoms with E-state index >= 15 is 0 Å². The van der Waals surface area contributed by atoms with E-state index in [0.29, 0.717) is 10.8 Å². The molecule has 2 aromatic heterocycles. The maximum atomic E-state index is 13.6. The van der Waals surface area contributed by atoms with Gasteiger partial charge in [0, 0.05) is 29.4 Å². The first kappa shape index (κ1) is 14.1. The summed E-state index contributed by atoms with van der Waals surface area (Å²) >= 11 is 1.20. The normalized spacial score (nSPS) is 10.2. The Labute approximate surface area is 128 Å². The van der Waals surface area contributed by atoms with Crippen LogP contribution in [0, 0.1) is 5.82 Å². The molecule has 0 aliphatic carbocycles. The smallest absolute Gasteiger partial charge is 0.284 e. The zero-order chi connectivity index (χ0) is 15.4. The minimum absolute atomic E-state index is 0.226. The van der Waals surface area contributed by atoms with E-state index in [9.17, 15) is 9.18 Å². The van der Waals surface area contributed by atoms with Gasteiger partial charge in [0.25, 0.3) is 5.91 Å². The Morgan fingerprint density at radius 3 is 2.73 bits per heavy atom. The molecule has 0 atom stereocenters. The molecule has 0 aliphatic rings. The van der Waals surface area contributed by atoms with E-state index in [0.717, 1.165) is 0 Å². The van der Waals surface area contributed by atoms with E-state index in [-0.39, 0.29) is 11.4 Å². The maximum Gasteiger partial charge on any atom is 0.284 e. The summed E-state index contributed by atoms with van der Waals surface area (Å²) < 4.78 is 19.1. The minimum Gasteiger partial charge on any atom is -0.454 e. The second kappa shape index (κ2) is 6.27. The van der Waals surface area contributed by atoms with Gasteiger partial charge in [-0.05, 0) is 6.07 Å². The fourth-order valence-corrected chi connectivity index (χ4v) is 2.22. The van der Waals surface area contributed by atoms with Gasteiger partial charge in [-0.15, -0.1) is 11.3 Å². The van der Waals surface area contributed by atoms with Crippen LogP contribution in [-0.4, -0.2) is 20.9 Å². The Kier molecular flexibility index (Phi) is 4.01. The van der Waals surface area contributed by atoms with Gasteiger partial charge in [-0.2, -0.15) is 0 Å². The van der Waals surface area contributed by atoms with E-state index in [1.807, 2.05) is 0 Å². The van der Waals surface area contributed by atoms with E-state index in [4.69, 9.17) is 4.74 Å². The summed E-state index contributed by atoms with van der Waals surface area (Å²) in [6, 6.07) is 3.90. The summed E-state index contributed by atoms with van der Waals surface area (Å²) in [5.41, 5.74) is 0.270. The third-order valence-corrected chi connectivity index (χ3v) is 3.30. The molecule has 3 rings (SSSR count). The molecular formula is C14H9FN4O2S. The first-order valence-electron chi connectivity index (χ1n) is 6.15. The number of amides is 1. The molecule has 0 radical (unpaired) electrons. The lowest BCUT2D eigenvalue weighted by Gasteiger charge is -2.08. The molecule has 0 spiro atoms. The summed E-state index contributed by atoms with van der Waals surface area (Å²) in [5, 5.41) is 4.55. The van der Waals surface area contributed by atoms with Crippen LogP contribution in [-0.2, 0) is 0 Å². The zero-order valence-electron chi connectivity index (χ0n) is 11.1. The maximum absolute atomic E-state index is 13.6. The molecule has 110 valence electrons. The van der Waals surface area contributed by atoms with Gasteiger partial charge in [0.1, 0.15) is 17.9 Å². The van der Waals surface area contributed by atoms with Gasteiger partial charge in [-0.25, -0.2) is 19.3 Å². The third kappa shape index (κ3) is 3.41. The number of aromatic nitrogens is 3. The first-order valence-corrected chi connectivity index (χ1v) is 7.03. The van der Waals surface area contributed by atoms with Gasteiger partial charge in [0.05, 0.1) is 12.4 Å². The van der Waals surface area contributed by atoms with Crippen LogP contribution in [0.25, 0.3) is 0 Å². The Morgan fingerprint density at radius 1 is 1.18 bits per heavy atom. The van der Waals surface area contributed by atoms with Crippen molar-refractivity contribution < 1.29 is 13.9 Å². The first-order chi connectivity index (χ1) is 10.7. The Balaban J connectivity index is 1.79. The number of hydrogen-bond donors (Lipinski definition) is 1. The van der Waals surface area contributed by atoms with Crippen LogP contribution in [0.3, 0.4) is 0 Å². The summed E-state index contributed by atoms with van der Waals surface area (Å²) in [7, 11) is 0. The van der Waals surface area contributed by atoms with Crippen molar-refractivity contribution in [3.63, 3.8) is 0 Å². The molecule has 22 heavy (non-hydrogen) atoms. The van der Waals surface area contributed by atoms with Gasteiger partial charge < -0.3 is 10.1 Å². The van der Waals surface area contributed by atoms with Crippen LogP contribution in [0.1, 0.15) is 9.80 Å². The van der Waals surface area contributed by atoms with Crippen molar-refractivity contribution in [2.24, 2.45) is 0 Å². The Hall–Kier alpha value is -2.87. The lowest BCUT2D eigenvalue weighted by Crippen LogP contribution is -2.11. The molecule has 8 heteroatoms. The van der Waals surface area contributed by atoms with Gasteiger partial charge in [0.15, 0.2) is 10.8 Å². The van der Waals surface area contributed by atoms with Crippen molar-refractivity contribution in [2.45, 2.75) is 0 Å².